The second-order valence-corrected chi connectivity index (χ2v) is 5.27. The lowest BCUT2D eigenvalue weighted by atomic mass is 9.91. The maximum absolute atomic E-state index is 11.7. The van der Waals surface area contributed by atoms with E-state index < -0.39 is 0 Å². The molecule has 0 saturated carbocycles. The third-order valence-electron chi connectivity index (χ3n) is 4.17. The quantitative estimate of drug-likeness (QED) is 0.844. The van der Waals surface area contributed by atoms with Crippen LogP contribution >= 0.6 is 0 Å². The molecular weight excluding hydrogens is 252 g/mol. The van der Waals surface area contributed by atoms with Gasteiger partial charge in [0, 0.05) is 31.4 Å². The van der Waals surface area contributed by atoms with Crippen molar-refractivity contribution in [3.63, 3.8) is 0 Å². The first-order valence-corrected chi connectivity index (χ1v) is 7.35. The van der Waals surface area contributed by atoms with Crippen LogP contribution in [0.5, 0.6) is 0 Å². The first kappa shape index (κ1) is 13.5. The number of pyridine rings is 1. The lowest BCUT2D eigenvalue weighted by Gasteiger charge is -2.44. The molecule has 108 valence electrons. The normalized spacial score (nSPS) is 19.3. The Kier molecular flexibility index (Phi) is 3.74. The molecule has 2 aliphatic heterocycles. The molecular formula is C15H21N4O-. The second kappa shape index (κ2) is 5.52. The highest BCUT2D eigenvalue weighted by Gasteiger charge is 2.29. The number of rotatable bonds is 3. The first-order valence-electron chi connectivity index (χ1n) is 7.35. The van der Waals surface area contributed by atoms with Crippen molar-refractivity contribution in [3.8, 4) is 0 Å². The summed E-state index contributed by atoms with van der Waals surface area (Å²) < 4.78 is 0. The van der Waals surface area contributed by atoms with Crippen LogP contribution in [-0.2, 0) is 0 Å². The number of nitrogens with zero attached hydrogens (tertiary/aromatic N) is 4. The number of hydroxylamine groups is 2. The van der Waals surface area contributed by atoms with E-state index in [0.29, 0.717) is 13.1 Å². The average Bonchev–Trinajstić information content (AvgIpc) is 2.48. The minimum absolute atomic E-state index is 0.529. The van der Waals surface area contributed by atoms with Crippen LogP contribution in [0.25, 0.3) is 5.57 Å². The molecule has 5 heteroatoms. The van der Waals surface area contributed by atoms with Crippen molar-refractivity contribution < 1.29 is 0 Å². The van der Waals surface area contributed by atoms with Crippen LogP contribution in [0.3, 0.4) is 0 Å². The van der Waals surface area contributed by atoms with Gasteiger partial charge < -0.3 is 10.3 Å². The summed E-state index contributed by atoms with van der Waals surface area (Å²) in [7, 11) is 0. The molecule has 0 aromatic carbocycles. The Balaban J connectivity index is 2.04. The summed E-state index contributed by atoms with van der Waals surface area (Å²) in [6.45, 7) is 8.10. The van der Waals surface area contributed by atoms with Crippen molar-refractivity contribution in [2.75, 3.05) is 37.7 Å². The zero-order valence-corrected chi connectivity index (χ0v) is 12.2. The van der Waals surface area contributed by atoms with Crippen molar-refractivity contribution in [1.29, 1.82) is 0 Å². The number of fused-ring (bicyclic) bond motifs is 2. The van der Waals surface area contributed by atoms with E-state index in [1.807, 2.05) is 12.3 Å². The highest BCUT2D eigenvalue weighted by atomic mass is 16.5. The number of hydrogen-bond acceptors (Lipinski definition) is 5. The minimum atomic E-state index is 0.529. The van der Waals surface area contributed by atoms with E-state index in [-0.39, 0.29) is 0 Å². The summed E-state index contributed by atoms with van der Waals surface area (Å²) in [6, 6.07) is 4.12. The molecule has 0 unspecified atom stereocenters. The monoisotopic (exact) mass is 273 g/mol. The van der Waals surface area contributed by atoms with Crippen LogP contribution in [0.15, 0.2) is 23.9 Å². The smallest absolute Gasteiger partial charge is 0.150 e. The Labute approximate surface area is 120 Å². The van der Waals surface area contributed by atoms with Crippen LogP contribution in [0.1, 0.15) is 25.8 Å². The molecule has 2 aliphatic rings. The van der Waals surface area contributed by atoms with Gasteiger partial charge >= 0.3 is 0 Å². The van der Waals surface area contributed by atoms with Crippen LogP contribution in [0.2, 0.25) is 0 Å². The van der Waals surface area contributed by atoms with Crippen molar-refractivity contribution in [1.82, 2.24) is 15.1 Å². The number of hydrazine groups is 1. The van der Waals surface area contributed by atoms with E-state index >= 15 is 0 Å². The van der Waals surface area contributed by atoms with Crippen LogP contribution in [0, 0.1) is 5.21 Å². The molecule has 0 fully saturated rings. The maximum atomic E-state index is 11.7. The largest absolute Gasteiger partial charge is 0.785 e. The summed E-state index contributed by atoms with van der Waals surface area (Å²) in [5.41, 5.74) is 3.79. The molecule has 0 amide bonds. The maximum Gasteiger partial charge on any atom is 0.150 e. The number of hydrogen-bond donors (Lipinski definition) is 0. The molecule has 0 bridgehead atoms. The minimum Gasteiger partial charge on any atom is -0.785 e. The second-order valence-electron chi connectivity index (χ2n) is 5.27. The Morgan fingerprint density at radius 2 is 2.10 bits per heavy atom. The standard InChI is InChI=1S/C15H21N4O/c1-3-17(4-2)19-11-12-10-18(20)9-7-13(12)14-6-5-8-16-15(14)19/h5-6,8H,3-4,7,9-11H2,1-2H3/q-1. The molecule has 1 aromatic heterocycles. The van der Waals surface area contributed by atoms with Gasteiger partial charge in [0.05, 0.1) is 6.54 Å². The predicted molar refractivity (Wildman–Crippen MR) is 81.0 cm³/mol. The van der Waals surface area contributed by atoms with Crippen LogP contribution in [0.4, 0.5) is 5.82 Å². The van der Waals surface area contributed by atoms with E-state index in [1.54, 1.807) is 0 Å². The summed E-state index contributed by atoms with van der Waals surface area (Å²) >= 11 is 0. The average molecular weight is 273 g/mol. The van der Waals surface area contributed by atoms with Gasteiger partial charge in [0.1, 0.15) is 0 Å². The molecule has 0 spiro atoms. The zero-order chi connectivity index (χ0) is 14.1. The van der Waals surface area contributed by atoms with Gasteiger partial charge in [-0.15, -0.1) is 0 Å². The predicted octanol–water partition coefficient (Wildman–Crippen LogP) is 2.12. The lowest BCUT2D eigenvalue weighted by Crippen LogP contribution is -2.48. The molecule has 0 radical (unpaired) electrons. The number of aromatic nitrogens is 1. The van der Waals surface area contributed by atoms with Gasteiger partial charge in [-0.3, -0.25) is 5.01 Å². The summed E-state index contributed by atoms with van der Waals surface area (Å²) in [5.74, 6) is 1.04. The molecule has 3 rings (SSSR count). The molecule has 20 heavy (non-hydrogen) atoms. The van der Waals surface area contributed by atoms with Gasteiger partial charge in [-0.2, -0.15) is 0 Å². The first-order chi connectivity index (χ1) is 9.74. The van der Waals surface area contributed by atoms with Gasteiger partial charge in [0.2, 0.25) is 0 Å². The van der Waals surface area contributed by atoms with E-state index in [2.05, 4.69) is 34.9 Å². The van der Waals surface area contributed by atoms with Crippen molar-refractivity contribution in [3.05, 3.63) is 34.7 Å². The highest BCUT2D eigenvalue weighted by molar-refractivity contribution is 5.81. The lowest BCUT2D eigenvalue weighted by molar-refractivity contribution is 0.273. The molecule has 3 heterocycles. The highest BCUT2D eigenvalue weighted by Crippen LogP contribution is 2.37. The van der Waals surface area contributed by atoms with E-state index in [9.17, 15) is 5.21 Å². The van der Waals surface area contributed by atoms with E-state index in [4.69, 9.17) is 0 Å². The topological polar surface area (TPSA) is 45.7 Å². The van der Waals surface area contributed by atoms with Gasteiger partial charge in [0.15, 0.2) is 5.82 Å². The fourth-order valence-corrected chi connectivity index (χ4v) is 3.16. The molecule has 0 aliphatic carbocycles. The third-order valence-corrected chi connectivity index (χ3v) is 4.17. The Morgan fingerprint density at radius 3 is 2.85 bits per heavy atom. The van der Waals surface area contributed by atoms with E-state index in [0.717, 1.165) is 31.9 Å². The van der Waals surface area contributed by atoms with Crippen LogP contribution in [-0.4, -0.2) is 47.8 Å². The van der Waals surface area contributed by atoms with Gasteiger partial charge in [-0.05, 0) is 36.2 Å². The summed E-state index contributed by atoms with van der Waals surface area (Å²) in [5, 5.41) is 17.4. The van der Waals surface area contributed by atoms with Crippen LogP contribution < -0.4 is 5.01 Å². The Hall–Kier alpha value is -1.43. The molecule has 0 atom stereocenters. The fraction of sp³-hybridized carbons (Fsp3) is 0.533. The van der Waals surface area contributed by atoms with Gasteiger partial charge in [0.25, 0.3) is 0 Å². The van der Waals surface area contributed by atoms with Gasteiger partial charge in [-0.25, -0.2) is 9.99 Å². The summed E-state index contributed by atoms with van der Waals surface area (Å²) in [4.78, 5) is 4.59. The third kappa shape index (κ3) is 2.22. The molecule has 1 aromatic rings. The molecule has 0 N–H and O–H groups in total. The SMILES string of the molecule is CCN(CC)N1CC2=C(CCN([O-])C2)c2cccnc21. The summed E-state index contributed by atoms with van der Waals surface area (Å²) in [6.07, 6.45) is 2.69. The number of anilines is 1. The molecule has 0 saturated heterocycles. The Morgan fingerprint density at radius 1 is 1.30 bits per heavy atom. The zero-order valence-electron chi connectivity index (χ0n) is 12.2. The van der Waals surface area contributed by atoms with Crippen molar-refractivity contribution >= 4 is 11.4 Å². The molecule has 5 nitrogen and oxygen atoms in total. The van der Waals surface area contributed by atoms with E-state index in [1.165, 1.54) is 21.8 Å². The van der Waals surface area contributed by atoms with Gasteiger partial charge in [-0.1, -0.05) is 13.8 Å². The van der Waals surface area contributed by atoms with Crippen molar-refractivity contribution in [2.24, 2.45) is 0 Å². The van der Waals surface area contributed by atoms with Crippen molar-refractivity contribution in [2.45, 2.75) is 20.3 Å². The fourth-order valence-electron chi connectivity index (χ4n) is 3.16. The Bertz CT molecular complexity index is 524.